The van der Waals surface area contributed by atoms with Gasteiger partial charge in [-0.1, -0.05) is 18.2 Å². The number of anilines is 1. The van der Waals surface area contributed by atoms with E-state index >= 15 is 0 Å². The Bertz CT molecular complexity index is 1150. The zero-order valence-corrected chi connectivity index (χ0v) is 19.8. The van der Waals surface area contributed by atoms with E-state index in [0.717, 1.165) is 0 Å². The van der Waals surface area contributed by atoms with E-state index in [4.69, 9.17) is 23.7 Å². The van der Waals surface area contributed by atoms with Crippen molar-refractivity contribution in [1.29, 1.82) is 0 Å². The molecular weight excluding hydrogens is 452 g/mol. The van der Waals surface area contributed by atoms with Gasteiger partial charge < -0.3 is 34.3 Å². The van der Waals surface area contributed by atoms with Gasteiger partial charge in [-0.15, -0.1) is 0 Å². The monoisotopic (exact) mass is 480 g/mol. The Hall–Kier alpha value is -4.40. The van der Waals surface area contributed by atoms with E-state index in [-0.39, 0.29) is 18.4 Å². The van der Waals surface area contributed by atoms with E-state index in [2.05, 4.69) is 10.6 Å². The first-order valence-electron chi connectivity index (χ1n) is 10.8. The molecule has 0 unspecified atom stereocenters. The number of hydrogen-bond donors (Lipinski definition) is 2. The Morgan fingerprint density at radius 3 is 2.29 bits per heavy atom. The van der Waals surface area contributed by atoms with Gasteiger partial charge in [0.25, 0.3) is 11.8 Å². The Balaban J connectivity index is 1.50. The fraction of sp³-hybridized carbons (Fsp3) is 0.231. The van der Waals surface area contributed by atoms with Gasteiger partial charge in [0.05, 0.1) is 33.6 Å². The first kappa shape index (κ1) is 25.2. The van der Waals surface area contributed by atoms with E-state index in [9.17, 15) is 9.59 Å². The van der Waals surface area contributed by atoms with Crippen molar-refractivity contribution in [2.75, 3.05) is 46.4 Å². The fourth-order valence-corrected chi connectivity index (χ4v) is 3.13. The van der Waals surface area contributed by atoms with Crippen LogP contribution in [0.15, 0.2) is 66.7 Å². The molecule has 0 bridgehead atoms. The number of methoxy groups -OCH3 is 3. The van der Waals surface area contributed by atoms with Crippen LogP contribution in [0.3, 0.4) is 0 Å². The zero-order valence-electron chi connectivity index (χ0n) is 19.8. The lowest BCUT2D eigenvalue weighted by molar-refractivity contribution is -0.118. The second kappa shape index (κ2) is 12.7. The van der Waals surface area contributed by atoms with Gasteiger partial charge in [-0.05, 0) is 42.5 Å². The number of carbonyl (C=O) groups excluding carboxylic acids is 2. The molecule has 0 spiro atoms. The Kier molecular flexibility index (Phi) is 9.18. The molecule has 3 aromatic carbocycles. The lowest BCUT2D eigenvalue weighted by Crippen LogP contribution is -2.28. The summed E-state index contributed by atoms with van der Waals surface area (Å²) in [5.41, 5.74) is 0.923. The van der Waals surface area contributed by atoms with Crippen LogP contribution in [0, 0.1) is 0 Å². The van der Waals surface area contributed by atoms with Gasteiger partial charge in [-0.25, -0.2) is 0 Å². The van der Waals surface area contributed by atoms with Crippen LogP contribution in [0.25, 0.3) is 0 Å². The number of carbonyl (C=O) groups is 2. The average molecular weight is 481 g/mol. The molecule has 9 heteroatoms. The molecule has 3 aromatic rings. The van der Waals surface area contributed by atoms with Gasteiger partial charge in [0.2, 0.25) is 0 Å². The minimum atomic E-state index is -0.366. The van der Waals surface area contributed by atoms with E-state index in [0.29, 0.717) is 53.2 Å². The molecule has 184 valence electrons. The van der Waals surface area contributed by atoms with Gasteiger partial charge in [-0.3, -0.25) is 9.59 Å². The van der Waals surface area contributed by atoms with Crippen LogP contribution in [0.1, 0.15) is 10.4 Å². The molecule has 3 rings (SSSR count). The van der Waals surface area contributed by atoms with Crippen LogP contribution in [-0.4, -0.2) is 52.9 Å². The molecule has 0 fully saturated rings. The molecule has 0 saturated heterocycles. The third kappa shape index (κ3) is 7.29. The largest absolute Gasteiger partial charge is 0.497 e. The van der Waals surface area contributed by atoms with Gasteiger partial charge in [0, 0.05) is 11.6 Å². The Morgan fingerprint density at radius 1 is 0.743 bits per heavy atom. The predicted octanol–water partition coefficient (Wildman–Crippen LogP) is 3.54. The van der Waals surface area contributed by atoms with E-state index < -0.39 is 0 Å². The Labute approximate surface area is 203 Å². The highest BCUT2D eigenvalue weighted by atomic mass is 16.5. The lowest BCUT2D eigenvalue weighted by Gasteiger charge is -2.13. The van der Waals surface area contributed by atoms with Crippen LogP contribution >= 0.6 is 0 Å². The van der Waals surface area contributed by atoms with Crippen LogP contribution in [0.4, 0.5) is 5.69 Å². The number of ether oxygens (including phenoxy) is 5. The fourth-order valence-electron chi connectivity index (χ4n) is 3.13. The topological polar surface area (TPSA) is 104 Å². The summed E-state index contributed by atoms with van der Waals surface area (Å²) >= 11 is 0. The third-order valence-electron chi connectivity index (χ3n) is 4.86. The van der Waals surface area contributed by atoms with Crippen LogP contribution in [0.2, 0.25) is 0 Å². The number of nitrogens with one attached hydrogen (secondary N) is 2. The Morgan fingerprint density at radius 2 is 1.51 bits per heavy atom. The molecule has 0 atom stereocenters. The summed E-state index contributed by atoms with van der Waals surface area (Å²) in [4.78, 5) is 24.8. The van der Waals surface area contributed by atoms with Gasteiger partial charge in [0.1, 0.15) is 23.9 Å². The standard InChI is InChI=1S/C26H28N2O7/c1-31-19-7-6-8-20(16-19)34-14-13-27-26(30)18-11-12-23(24(15-18)33-3)35-17-25(29)28-21-9-4-5-10-22(21)32-2/h4-12,15-16H,13-14,17H2,1-3H3,(H,27,30)(H,28,29). The van der Waals surface area contributed by atoms with Crippen LogP contribution in [-0.2, 0) is 4.79 Å². The highest BCUT2D eigenvalue weighted by Gasteiger charge is 2.13. The first-order chi connectivity index (χ1) is 17.0. The van der Waals surface area contributed by atoms with E-state index in [1.807, 2.05) is 18.2 Å². The smallest absolute Gasteiger partial charge is 0.262 e. The molecule has 0 saturated carbocycles. The quantitative estimate of drug-likeness (QED) is 0.382. The molecule has 0 radical (unpaired) electrons. The highest BCUT2D eigenvalue weighted by Crippen LogP contribution is 2.28. The number of amides is 2. The molecule has 9 nitrogen and oxygen atoms in total. The van der Waals surface area contributed by atoms with Crippen LogP contribution in [0.5, 0.6) is 28.7 Å². The van der Waals surface area contributed by atoms with Crippen molar-refractivity contribution in [3.63, 3.8) is 0 Å². The van der Waals surface area contributed by atoms with Crippen molar-refractivity contribution in [3.05, 3.63) is 72.3 Å². The predicted molar refractivity (Wildman–Crippen MR) is 131 cm³/mol. The normalized spacial score (nSPS) is 10.1. The molecule has 0 heterocycles. The minimum absolute atomic E-state index is 0.248. The summed E-state index contributed by atoms with van der Waals surface area (Å²) in [5.74, 6) is 1.89. The summed E-state index contributed by atoms with van der Waals surface area (Å²) in [6.45, 7) is 0.347. The van der Waals surface area contributed by atoms with Crippen molar-refractivity contribution in [2.45, 2.75) is 0 Å². The summed E-state index contributed by atoms with van der Waals surface area (Å²) in [6, 6.07) is 19.0. The average Bonchev–Trinajstić information content (AvgIpc) is 2.90. The maximum atomic E-state index is 12.5. The number of hydrogen-bond acceptors (Lipinski definition) is 7. The first-order valence-corrected chi connectivity index (χ1v) is 10.8. The molecule has 2 amide bonds. The van der Waals surface area contributed by atoms with Crippen molar-refractivity contribution in [1.82, 2.24) is 5.32 Å². The summed E-state index contributed by atoms with van der Waals surface area (Å²) in [7, 11) is 4.57. The number of rotatable bonds is 12. The SMILES string of the molecule is COc1cccc(OCCNC(=O)c2ccc(OCC(=O)Nc3ccccc3OC)c(OC)c2)c1. The second-order valence-corrected chi connectivity index (χ2v) is 7.19. The third-order valence-corrected chi connectivity index (χ3v) is 4.86. The summed E-state index contributed by atoms with van der Waals surface area (Å²) < 4.78 is 26.9. The van der Waals surface area contributed by atoms with Crippen molar-refractivity contribution < 1.29 is 33.3 Å². The minimum Gasteiger partial charge on any atom is -0.497 e. The molecule has 2 N–H and O–H groups in total. The highest BCUT2D eigenvalue weighted by molar-refractivity contribution is 5.95. The van der Waals surface area contributed by atoms with Gasteiger partial charge >= 0.3 is 0 Å². The lowest BCUT2D eigenvalue weighted by atomic mass is 10.2. The van der Waals surface area contributed by atoms with Crippen molar-refractivity contribution in [2.24, 2.45) is 0 Å². The summed E-state index contributed by atoms with van der Waals surface area (Å²) in [6.07, 6.45) is 0. The van der Waals surface area contributed by atoms with Crippen molar-refractivity contribution >= 4 is 17.5 Å². The maximum Gasteiger partial charge on any atom is 0.262 e. The zero-order chi connectivity index (χ0) is 25.0. The van der Waals surface area contributed by atoms with E-state index in [1.165, 1.54) is 14.2 Å². The second-order valence-electron chi connectivity index (χ2n) is 7.19. The molecule has 0 aliphatic rings. The van der Waals surface area contributed by atoms with Gasteiger partial charge in [0.15, 0.2) is 18.1 Å². The number of para-hydroxylation sites is 2. The molecule has 35 heavy (non-hydrogen) atoms. The number of benzene rings is 3. The van der Waals surface area contributed by atoms with E-state index in [1.54, 1.807) is 55.6 Å². The molecule has 0 aliphatic carbocycles. The maximum absolute atomic E-state index is 12.5. The molecule has 0 aliphatic heterocycles. The van der Waals surface area contributed by atoms with Gasteiger partial charge in [-0.2, -0.15) is 0 Å². The van der Waals surface area contributed by atoms with Crippen molar-refractivity contribution in [3.8, 4) is 28.7 Å². The molecular formula is C26H28N2O7. The summed E-state index contributed by atoms with van der Waals surface area (Å²) in [5, 5.41) is 5.52. The molecule has 0 aromatic heterocycles. The van der Waals surface area contributed by atoms with Crippen LogP contribution < -0.4 is 34.3 Å².